The molecule has 0 spiro atoms. The number of pyridine rings is 1. The van der Waals surface area contributed by atoms with Crippen LogP contribution < -0.4 is 0 Å². The van der Waals surface area contributed by atoms with Crippen molar-refractivity contribution in [2.24, 2.45) is 4.99 Å². The summed E-state index contributed by atoms with van der Waals surface area (Å²) in [6.45, 7) is 0. The Morgan fingerprint density at radius 3 is 3.11 bits per heavy atom. The molecule has 3 rings (SSSR count). The summed E-state index contributed by atoms with van der Waals surface area (Å²) in [6, 6.07) is 9.95. The number of nitrogens with zero attached hydrogens (tertiary/aromatic N) is 2. The van der Waals surface area contributed by atoms with Crippen LogP contribution in [0.2, 0.25) is 0 Å². The fourth-order valence-electron chi connectivity index (χ4n) is 2.00. The molecule has 0 N–H and O–H groups in total. The van der Waals surface area contributed by atoms with Gasteiger partial charge in [-0.3, -0.25) is 14.8 Å². The van der Waals surface area contributed by atoms with Crippen LogP contribution in [0.25, 0.3) is 10.9 Å². The lowest BCUT2D eigenvalue weighted by atomic mass is 10.1. The van der Waals surface area contributed by atoms with E-state index in [1.165, 1.54) is 0 Å². The van der Waals surface area contributed by atoms with Crippen LogP contribution in [0, 0.1) is 0 Å². The first-order valence-corrected chi connectivity index (χ1v) is 6.88. The first-order valence-electron chi connectivity index (χ1n) is 5.83. The van der Waals surface area contributed by atoms with Gasteiger partial charge >= 0.3 is 0 Å². The maximum atomic E-state index is 11.2. The third-order valence-electron chi connectivity index (χ3n) is 2.90. The lowest BCUT2D eigenvalue weighted by Crippen LogP contribution is -1.97. The average molecular weight is 256 g/mol. The van der Waals surface area contributed by atoms with Gasteiger partial charge in [-0.25, -0.2) is 0 Å². The van der Waals surface area contributed by atoms with Crippen molar-refractivity contribution in [2.75, 3.05) is 5.75 Å². The second kappa shape index (κ2) is 4.90. The molecule has 3 nitrogen and oxygen atoms in total. The number of fused-ring (bicyclic) bond motifs is 1. The molecule has 1 aromatic heterocycles. The van der Waals surface area contributed by atoms with Crippen LogP contribution in [-0.2, 0) is 4.79 Å². The molecule has 4 heteroatoms. The number of hydrogen-bond acceptors (Lipinski definition) is 4. The van der Waals surface area contributed by atoms with Gasteiger partial charge in [0.05, 0.1) is 11.3 Å². The SMILES string of the molecule is O=C1CSC(N=Cc2cccc3ncccc23)C1. The Morgan fingerprint density at radius 2 is 2.28 bits per heavy atom. The van der Waals surface area contributed by atoms with Crippen molar-refractivity contribution in [3.05, 3.63) is 42.1 Å². The fraction of sp³-hybridized carbons (Fsp3) is 0.214. The highest BCUT2D eigenvalue weighted by atomic mass is 32.2. The molecular weight excluding hydrogens is 244 g/mol. The Kier molecular flexibility index (Phi) is 3.11. The lowest BCUT2D eigenvalue weighted by Gasteiger charge is -2.02. The van der Waals surface area contributed by atoms with E-state index in [0.717, 1.165) is 16.5 Å². The van der Waals surface area contributed by atoms with E-state index in [1.54, 1.807) is 18.0 Å². The minimum Gasteiger partial charge on any atom is -0.299 e. The number of ketones is 1. The van der Waals surface area contributed by atoms with E-state index < -0.39 is 0 Å². The van der Waals surface area contributed by atoms with Crippen molar-refractivity contribution in [3.63, 3.8) is 0 Å². The number of rotatable bonds is 2. The highest BCUT2D eigenvalue weighted by molar-refractivity contribution is 8.01. The Hall–Kier alpha value is -1.68. The Labute approximate surface area is 109 Å². The number of aliphatic imine (C=N–C) groups is 1. The molecule has 0 radical (unpaired) electrons. The molecular formula is C14H12N2OS. The third kappa shape index (κ3) is 2.29. The van der Waals surface area contributed by atoms with E-state index in [-0.39, 0.29) is 5.37 Å². The highest BCUT2D eigenvalue weighted by Gasteiger charge is 2.21. The monoisotopic (exact) mass is 256 g/mol. The van der Waals surface area contributed by atoms with Gasteiger partial charge in [-0.1, -0.05) is 18.2 Å². The van der Waals surface area contributed by atoms with Crippen molar-refractivity contribution in [1.82, 2.24) is 4.98 Å². The highest BCUT2D eigenvalue weighted by Crippen LogP contribution is 2.25. The zero-order valence-corrected chi connectivity index (χ0v) is 10.6. The van der Waals surface area contributed by atoms with Crippen LogP contribution in [-0.4, -0.2) is 28.1 Å². The second-order valence-corrected chi connectivity index (χ2v) is 5.37. The molecule has 0 bridgehead atoms. The molecule has 1 aliphatic heterocycles. The van der Waals surface area contributed by atoms with E-state index in [1.807, 2.05) is 36.5 Å². The Bertz CT molecular complexity index is 619. The van der Waals surface area contributed by atoms with Gasteiger partial charge in [0.2, 0.25) is 0 Å². The maximum absolute atomic E-state index is 11.2. The first kappa shape index (κ1) is 11.4. The van der Waals surface area contributed by atoms with Crippen LogP contribution >= 0.6 is 11.8 Å². The van der Waals surface area contributed by atoms with Gasteiger partial charge in [0.1, 0.15) is 11.2 Å². The minimum atomic E-state index is 0.0874. The van der Waals surface area contributed by atoms with Crippen molar-refractivity contribution >= 4 is 34.7 Å². The first-order chi connectivity index (χ1) is 8.83. The predicted octanol–water partition coefficient (Wildman–Crippen LogP) is 2.69. The smallest absolute Gasteiger partial charge is 0.145 e. The third-order valence-corrected chi connectivity index (χ3v) is 4.06. The number of thioether (sulfide) groups is 1. The van der Waals surface area contributed by atoms with Crippen LogP contribution in [0.1, 0.15) is 12.0 Å². The summed E-state index contributed by atoms with van der Waals surface area (Å²) >= 11 is 1.61. The predicted molar refractivity (Wildman–Crippen MR) is 75.2 cm³/mol. The second-order valence-electron chi connectivity index (χ2n) is 4.20. The van der Waals surface area contributed by atoms with Crippen LogP contribution in [0.3, 0.4) is 0 Å². The van der Waals surface area contributed by atoms with Crippen LogP contribution in [0.15, 0.2) is 41.5 Å². The quantitative estimate of drug-likeness (QED) is 0.776. The Balaban J connectivity index is 1.90. The fourth-order valence-corrected chi connectivity index (χ4v) is 2.95. The van der Waals surface area contributed by atoms with E-state index in [0.29, 0.717) is 18.0 Å². The van der Waals surface area contributed by atoms with E-state index >= 15 is 0 Å². The zero-order valence-electron chi connectivity index (χ0n) is 9.74. The number of benzene rings is 1. The molecule has 1 unspecified atom stereocenters. The molecule has 18 heavy (non-hydrogen) atoms. The van der Waals surface area contributed by atoms with Gasteiger partial charge in [0.25, 0.3) is 0 Å². The topological polar surface area (TPSA) is 42.3 Å². The van der Waals surface area contributed by atoms with E-state index in [4.69, 9.17) is 0 Å². The molecule has 1 aliphatic rings. The molecule has 1 atom stereocenters. The van der Waals surface area contributed by atoms with Crippen molar-refractivity contribution < 1.29 is 4.79 Å². The van der Waals surface area contributed by atoms with E-state index in [2.05, 4.69) is 9.98 Å². The van der Waals surface area contributed by atoms with Gasteiger partial charge in [-0.15, -0.1) is 11.8 Å². The summed E-state index contributed by atoms with van der Waals surface area (Å²) in [6.07, 6.45) is 4.21. The molecule has 1 saturated heterocycles. The van der Waals surface area contributed by atoms with Crippen molar-refractivity contribution in [2.45, 2.75) is 11.8 Å². The Morgan fingerprint density at radius 1 is 1.33 bits per heavy atom. The molecule has 1 aromatic carbocycles. The van der Waals surface area contributed by atoms with Gasteiger partial charge in [0.15, 0.2) is 0 Å². The average Bonchev–Trinajstić information content (AvgIpc) is 2.82. The molecule has 2 aromatic rings. The van der Waals surface area contributed by atoms with Crippen LogP contribution in [0.4, 0.5) is 0 Å². The number of aromatic nitrogens is 1. The van der Waals surface area contributed by atoms with Crippen molar-refractivity contribution in [1.29, 1.82) is 0 Å². The molecule has 2 heterocycles. The van der Waals surface area contributed by atoms with Crippen molar-refractivity contribution in [3.8, 4) is 0 Å². The largest absolute Gasteiger partial charge is 0.299 e. The summed E-state index contributed by atoms with van der Waals surface area (Å²) in [7, 11) is 0. The molecule has 0 saturated carbocycles. The molecule has 1 fully saturated rings. The summed E-state index contributed by atoms with van der Waals surface area (Å²) in [5.41, 5.74) is 2.03. The summed E-state index contributed by atoms with van der Waals surface area (Å²) in [4.78, 5) is 20.0. The number of carbonyl (C=O) groups excluding carboxylic acids is 1. The molecule has 90 valence electrons. The van der Waals surface area contributed by atoms with Gasteiger partial charge in [-0.2, -0.15) is 0 Å². The van der Waals surface area contributed by atoms with E-state index in [9.17, 15) is 4.79 Å². The summed E-state index contributed by atoms with van der Waals surface area (Å²) in [5, 5.41) is 1.18. The number of hydrogen-bond donors (Lipinski definition) is 0. The summed E-state index contributed by atoms with van der Waals surface area (Å²) < 4.78 is 0. The van der Waals surface area contributed by atoms with Gasteiger partial charge < -0.3 is 0 Å². The lowest BCUT2D eigenvalue weighted by molar-refractivity contribution is -0.116. The van der Waals surface area contributed by atoms with Gasteiger partial charge in [-0.05, 0) is 12.1 Å². The molecule has 0 amide bonds. The van der Waals surface area contributed by atoms with Crippen LogP contribution in [0.5, 0.6) is 0 Å². The molecule has 0 aliphatic carbocycles. The normalized spacial score (nSPS) is 20.0. The summed E-state index contributed by atoms with van der Waals surface area (Å²) in [5.74, 6) is 0.890. The number of Topliss-reactive ketones (excluding diaryl/α,β-unsaturated/α-hetero) is 1. The standard InChI is InChI=1S/C14H12N2OS/c17-11-7-14(18-9-11)16-8-10-3-1-5-13-12(10)4-2-6-15-13/h1-6,8,14H,7,9H2. The minimum absolute atomic E-state index is 0.0874. The zero-order chi connectivity index (χ0) is 12.4. The number of carbonyl (C=O) groups is 1. The maximum Gasteiger partial charge on any atom is 0.145 e. The van der Waals surface area contributed by atoms with Gasteiger partial charge in [0, 0.05) is 29.8 Å².